The van der Waals surface area contributed by atoms with Crippen molar-refractivity contribution in [3.05, 3.63) is 72.1 Å². The van der Waals surface area contributed by atoms with Crippen LogP contribution in [-0.4, -0.2) is 26.1 Å². The Kier molecular flexibility index (Phi) is 4.17. The minimum atomic E-state index is -0.359. The first-order valence-corrected chi connectivity index (χ1v) is 6.63. The summed E-state index contributed by atoms with van der Waals surface area (Å²) in [4.78, 5) is 17.5. The Morgan fingerprint density at radius 1 is 1.09 bits per heavy atom. The van der Waals surface area contributed by atoms with Gasteiger partial charge in [0.2, 0.25) is 0 Å². The van der Waals surface area contributed by atoms with Crippen LogP contribution in [0.15, 0.2) is 60.9 Å². The lowest BCUT2D eigenvalue weighted by Crippen LogP contribution is -2.25. The molecular formula is C15H13N5O2. The summed E-state index contributed by atoms with van der Waals surface area (Å²) in [5.74, 6) is -0.359. The van der Waals surface area contributed by atoms with Crippen LogP contribution in [0.5, 0.6) is 0 Å². The molecule has 1 aromatic heterocycles. The van der Waals surface area contributed by atoms with Crippen molar-refractivity contribution >= 4 is 5.91 Å². The maximum absolute atomic E-state index is 12.2. The normalized spacial score (nSPS) is 10.4. The van der Waals surface area contributed by atoms with E-state index in [0.29, 0.717) is 17.9 Å². The number of rotatable bonds is 5. The van der Waals surface area contributed by atoms with Crippen molar-refractivity contribution in [2.24, 2.45) is 0 Å². The van der Waals surface area contributed by atoms with Crippen LogP contribution < -0.4 is 5.48 Å². The van der Waals surface area contributed by atoms with Gasteiger partial charge in [-0.25, -0.2) is 5.48 Å². The van der Waals surface area contributed by atoms with Gasteiger partial charge in [0.1, 0.15) is 6.33 Å². The molecule has 1 amide bonds. The lowest BCUT2D eigenvalue weighted by atomic mass is 10.1. The predicted molar refractivity (Wildman–Crippen MR) is 77.9 cm³/mol. The van der Waals surface area contributed by atoms with Crippen molar-refractivity contribution in [3.63, 3.8) is 0 Å². The van der Waals surface area contributed by atoms with E-state index in [1.165, 1.54) is 11.0 Å². The number of hydrogen-bond donors (Lipinski definition) is 1. The summed E-state index contributed by atoms with van der Waals surface area (Å²) >= 11 is 0. The van der Waals surface area contributed by atoms with E-state index in [4.69, 9.17) is 4.84 Å². The number of nitrogens with one attached hydrogen (secondary N) is 1. The number of aromatic nitrogens is 4. The van der Waals surface area contributed by atoms with E-state index in [0.717, 1.165) is 5.56 Å². The van der Waals surface area contributed by atoms with E-state index in [9.17, 15) is 4.79 Å². The minimum Gasteiger partial charge on any atom is -0.269 e. The second kappa shape index (κ2) is 6.59. The number of tetrazole rings is 1. The van der Waals surface area contributed by atoms with E-state index in [1.807, 2.05) is 30.3 Å². The van der Waals surface area contributed by atoms with Crippen molar-refractivity contribution in [2.75, 3.05) is 0 Å². The summed E-state index contributed by atoms with van der Waals surface area (Å²) in [6.45, 7) is 0.291. The molecule has 1 heterocycles. The lowest BCUT2D eigenvalue weighted by Gasteiger charge is -2.09. The number of hydrogen-bond acceptors (Lipinski definition) is 5. The summed E-state index contributed by atoms with van der Waals surface area (Å²) in [5.41, 5.74) is 4.39. The maximum atomic E-state index is 12.2. The van der Waals surface area contributed by atoms with Gasteiger partial charge in [-0.15, -0.1) is 5.10 Å². The van der Waals surface area contributed by atoms with Gasteiger partial charge in [-0.1, -0.05) is 42.5 Å². The Morgan fingerprint density at radius 3 is 2.64 bits per heavy atom. The molecule has 7 nitrogen and oxygen atoms in total. The molecule has 0 bridgehead atoms. The largest absolute Gasteiger partial charge is 0.277 e. The third-order valence-electron chi connectivity index (χ3n) is 2.99. The van der Waals surface area contributed by atoms with Crippen LogP contribution in [0, 0.1) is 0 Å². The zero-order valence-corrected chi connectivity index (χ0v) is 11.6. The molecule has 0 saturated heterocycles. The smallest absolute Gasteiger partial charge is 0.269 e. The monoisotopic (exact) mass is 295 g/mol. The van der Waals surface area contributed by atoms with E-state index >= 15 is 0 Å². The van der Waals surface area contributed by atoms with E-state index in [-0.39, 0.29) is 5.91 Å². The fourth-order valence-electron chi connectivity index (χ4n) is 1.95. The van der Waals surface area contributed by atoms with Crippen LogP contribution in [0.4, 0.5) is 0 Å². The molecule has 2 aromatic carbocycles. The second-order valence-corrected chi connectivity index (χ2v) is 4.48. The first-order valence-electron chi connectivity index (χ1n) is 6.63. The number of carbonyl (C=O) groups excluding carboxylic acids is 1. The number of benzene rings is 2. The molecule has 0 aliphatic heterocycles. The Balaban J connectivity index is 1.68. The minimum absolute atomic E-state index is 0.291. The molecule has 3 aromatic rings. The highest BCUT2D eigenvalue weighted by molar-refractivity contribution is 5.97. The summed E-state index contributed by atoms with van der Waals surface area (Å²) in [7, 11) is 0. The number of nitrogens with zero attached hydrogens (tertiary/aromatic N) is 4. The molecular weight excluding hydrogens is 282 g/mol. The highest BCUT2D eigenvalue weighted by Crippen LogP contribution is 2.12. The van der Waals surface area contributed by atoms with Crippen molar-refractivity contribution in [1.29, 1.82) is 0 Å². The van der Waals surface area contributed by atoms with Gasteiger partial charge < -0.3 is 0 Å². The van der Waals surface area contributed by atoms with Gasteiger partial charge in [0, 0.05) is 0 Å². The maximum Gasteiger partial charge on any atom is 0.277 e. The molecule has 0 fully saturated rings. The van der Waals surface area contributed by atoms with Gasteiger partial charge in [-0.3, -0.25) is 9.63 Å². The molecule has 3 rings (SSSR count). The molecule has 0 spiro atoms. The highest BCUT2D eigenvalue weighted by Gasteiger charge is 2.13. The van der Waals surface area contributed by atoms with Crippen LogP contribution in [0.1, 0.15) is 15.9 Å². The van der Waals surface area contributed by atoms with Crippen LogP contribution >= 0.6 is 0 Å². The average molecular weight is 295 g/mol. The number of para-hydroxylation sites is 1. The van der Waals surface area contributed by atoms with Gasteiger partial charge in [0.15, 0.2) is 0 Å². The van der Waals surface area contributed by atoms with E-state index in [2.05, 4.69) is 21.0 Å². The quantitative estimate of drug-likeness (QED) is 0.722. The number of hydroxylamine groups is 1. The molecule has 0 radical (unpaired) electrons. The van der Waals surface area contributed by atoms with Gasteiger partial charge in [-0.05, 0) is 28.1 Å². The number of amides is 1. The van der Waals surface area contributed by atoms with Crippen LogP contribution in [0.3, 0.4) is 0 Å². The lowest BCUT2D eigenvalue weighted by molar-refractivity contribution is 0.0233. The first-order chi connectivity index (χ1) is 10.8. The molecule has 0 aliphatic rings. The van der Waals surface area contributed by atoms with Crippen LogP contribution in [0.25, 0.3) is 5.69 Å². The fourth-order valence-corrected chi connectivity index (χ4v) is 1.95. The summed E-state index contributed by atoms with van der Waals surface area (Å²) < 4.78 is 1.42. The second-order valence-electron chi connectivity index (χ2n) is 4.48. The molecule has 0 unspecified atom stereocenters. The molecule has 22 heavy (non-hydrogen) atoms. The van der Waals surface area contributed by atoms with Gasteiger partial charge >= 0.3 is 0 Å². The molecule has 0 saturated carbocycles. The molecule has 7 heteroatoms. The number of carbonyl (C=O) groups is 1. The van der Waals surface area contributed by atoms with Crippen molar-refractivity contribution in [3.8, 4) is 5.69 Å². The van der Waals surface area contributed by atoms with Crippen LogP contribution in [0.2, 0.25) is 0 Å². The van der Waals surface area contributed by atoms with Crippen molar-refractivity contribution in [2.45, 2.75) is 6.61 Å². The third kappa shape index (κ3) is 3.15. The van der Waals surface area contributed by atoms with Crippen molar-refractivity contribution < 1.29 is 9.63 Å². The van der Waals surface area contributed by atoms with Gasteiger partial charge in [0.05, 0.1) is 17.9 Å². The molecule has 1 N–H and O–H groups in total. The fraction of sp³-hybridized carbons (Fsp3) is 0.0667. The Bertz CT molecular complexity index is 744. The Hall–Kier alpha value is -3.06. The summed E-state index contributed by atoms with van der Waals surface area (Å²) in [6.07, 6.45) is 1.43. The predicted octanol–water partition coefficient (Wildman–Crippen LogP) is 1.52. The van der Waals surface area contributed by atoms with Gasteiger partial charge in [-0.2, -0.15) is 4.68 Å². The topological polar surface area (TPSA) is 81.9 Å². The molecule has 110 valence electrons. The third-order valence-corrected chi connectivity index (χ3v) is 2.99. The van der Waals surface area contributed by atoms with E-state index in [1.54, 1.807) is 24.3 Å². The van der Waals surface area contributed by atoms with E-state index < -0.39 is 0 Å². The highest BCUT2D eigenvalue weighted by atomic mass is 16.6. The first kappa shape index (κ1) is 13.9. The summed E-state index contributed by atoms with van der Waals surface area (Å²) in [6, 6.07) is 16.6. The zero-order valence-electron chi connectivity index (χ0n) is 11.6. The SMILES string of the molecule is O=C(NOCc1ccccc1)c1ccccc1-n1cnnn1. The van der Waals surface area contributed by atoms with Crippen LogP contribution in [-0.2, 0) is 11.4 Å². The summed E-state index contributed by atoms with van der Waals surface area (Å²) in [5, 5.41) is 10.9. The standard InChI is InChI=1S/C15H13N5O2/c21-15(17-22-10-12-6-2-1-3-7-12)13-8-4-5-9-14(13)20-11-16-18-19-20/h1-9,11H,10H2,(H,17,21). The average Bonchev–Trinajstić information content (AvgIpc) is 3.10. The Morgan fingerprint density at radius 2 is 1.86 bits per heavy atom. The van der Waals surface area contributed by atoms with Gasteiger partial charge in [0.25, 0.3) is 5.91 Å². The Labute approximate surface area is 126 Å². The molecule has 0 aliphatic carbocycles. The molecule has 0 atom stereocenters. The van der Waals surface area contributed by atoms with Crippen molar-refractivity contribution in [1.82, 2.24) is 25.7 Å². The zero-order chi connectivity index (χ0) is 15.2.